The number of anilines is 2. The Labute approximate surface area is 194 Å². The molecule has 4 rings (SSSR count). The first-order chi connectivity index (χ1) is 16.1. The number of amides is 1. The van der Waals surface area contributed by atoms with Crippen molar-refractivity contribution in [3.63, 3.8) is 0 Å². The summed E-state index contributed by atoms with van der Waals surface area (Å²) < 4.78 is 5.08. The molecule has 0 unspecified atom stereocenters. The summed E-state index contributed by atoms with van der Waals surface area (Å²) in [5.41, 5.74) is 3.79. The van der Waals surface area contributed by atoms with Gasteiger partial charge in [0.15, 0.2) is 0 Å². The Morgan fingerprint density at radius 3 is 2.21 bits per heavy atom. The van der Waals surface area contributed by atoms with Crippen molar-refractivity contribution < 1.29 is 14.3 Å². The standard InChI is InChI=1S/C27H29N3O3/c1-2-33-27(32)24-10-6-7-11-25(24)28-26(31)22-14-12-21(13-15-22)20-29-16-18-30(19-17-29)23-8-4-3-5-9-23/h3-15H,2,16-20H2,1H3,(H,28,31). The van der Waals surface area contributed by atoms with E-state index in [0.29, 0.717) is 16.8 Å². The summed E-state index contributed by atoms with van der Waals surface area (Å²) in [7, 11) is 0. The van der Waals surface area contributed by atoms with Gasteiger partial charge in [0, 0.05) is 44.0 Å². The fraction of sp³-hybridized carbons (Fsp3) is 0.259. The molecule has 0 atom stereocenters. The van der Waals surface area contributed by atoms with Crippen molar-refractivity contribution in [3.8, 4) is 0 Å². The van der Waals surface area contributed by atoms with Gasteiger partial charge in [0.2, 0.25) is 0 Å². The zero-order chi connectivity index (χ0) is 23.0. The molecule has 33 heavy (non-hydrogen) atoms. The fourth-order valence-corrected chi connectivity index (χ4v) is 4.00. The highest BCUT2D eigenvalue weighted by molar-refractivity contribution is 6.08. The highest BCUT2D eigenvalue weighted by Gasteiger charge is 2.18. The average Bonchev–Trinajstić information content (AvgIpc) is 2.86. The number of carbonyl (C=O) groups excluding carboxylic acids is 2. The maximum atomic E-state index is 12.7. The number of benzene rings is 3. The minimum Gasteiger partial charge on any atom is -0.462 e. The van der Waals surface area contributed by atoms with Crippen LogP contribution in [0, 0.1) is 0 Å². The fourth-order valence-electron chi connectivity index (χ4n) is 4.00. The van der Waals surface area contributed by atoms with E-state index in [-0.39, 0.29) is 12.5 Å². The molecule has 1 heterocycles. The van der Waals surface area contributed by atoms with E-state index in [1.807, 2.05) is 30.3 Å². The number of esters is 1. The van der Waals surface area contributed by atoms with Gasteiger partial charge in [0.25, 0.3) is 5.91 Å². The number of hydrogen-bond acceptors (Lipinski definition) is 5. The molecule has 1 aliphatic heterocycles. The number of nitrogens with one attached hydrogen (secondary N) is 1. The maximum absolute atomic E-state index is 12.7. The largest absolute Gasteiger partial charge is 0.462 e. The highest BCUT2D eigenvalue weighted by atomic mass is 16.5. The molecule has 3 aromatic rings. The Balaban J connectivity index is 1.33. The second-order valence-corrected chi connectivity index (χ2v) is 8.02. The second kappa shape index (κ2) is 10.8. The molecule has 6 heteroatoms. The van der Waals surface area contributed by atoms with E-state index in [2.05, 4.69) is 39.4 Å². The Bertz CT molecular complexity index is 1080. The van der Waals surface area contributed by atoms with E-state index in [4.69, 9.17) is 4.74 Å². The minimum absolute atomic E-state index is 0.255. The van der Waals surface area contributed by atoms with Crippen LogP contribution in [-0.4, -0.2) is 49.6 Å². The summed E-state index contributed by atoms with van der Waals surface area (Å²) in [6, 6.07) is 25.0. The van der Waals surface area contributed by atoms with E-state index in [0.717, 1.165) is 32.7 Å². The summed E-state index contributed by atoms with van der Waals surface area (Å²) in [5, 5.41) is 2.83. The molecule has 1 N–H and O–H groups in total. The topological polar surface area (TPSA) is 61.9 Å². The number of hydrogen-bond donors (Lipinski definition) is 1. The molecule has 0 bridgehead atoms. The van der Waals surface area contributed by atoms with Gasteiger partial charge in [0.1, 0.15) is 0 Å². The molecular weight excluding hydrogens is 414 g/mol. The number of ether oxygens (including phenoxy) is 1. The van der Waals surface area contributed by atoms with Crippen LogP contribution in [0.2, 0.25) is 0 Å². The summed E-state index contributed by atoms with van der Waals surface area (Å²) in [5.74, 6) is -0.703. The van der Waals surface area contributed by atoms with Crippen LogP contribution in [-0.2, 0) is 11.3 Å². The molecule has 0 saturated carbocycles. The van der Waals surface area contributed by atoms with E-state index in [1.54, 1.807) is 31.2 Å². The Morgan fingerprint density at radius 2 is 1.52 bits per heavy atom. The van der Waals surface area contributed by atoms with Crippen LogP contribution in [0.3, 0.4) is 0 Å². The van der Waals surface area contributed by atoms with Crippen molar-refractivity contribution in [2.45, 2.75) is 13.5 Å². The van der Waals surface area contributed by atoms with Gasteiger partial charge in [-0.3, -0.25) is 9.69 Å². The van der Waals surface area contributed by atoms with Crippen molar-refractivity contribution in [1.82, 2.24) is 4.90 Å². The number of piperazine rings is 1. The van der Waals surface area contributed by atoms with Crippen molar-refractivity contribution in [2.24, 2.45) is 0 Å². The lowest BCUT2D eigenvalue weighted by atomic mass is 10.1. The van der Waals surface area contributed by atoms with E-state index < -0.39 is 5.97 Å². The van der Waals surface area contributed by atoms with Crippen LogP contribution in [0.25, 0.3) is 0 Å². The van der Waals surface area contributed by atoms with Crippen molar-refractivity contribution >= 4 is 23.3 Å². The normalized spacial score (nSPS) is 14.0. The summed E-state index contributed by atoms with van der Waals surface area (Å²) >= 11 is 0. The maximum Gasteiger partial charge on any atom is 0.340 e. The number of carbonyl (C=O) groups is 2. The Kier molecular flexibility index (Phi) is 7.37. The van der Waals surface area contributed by atoms with Crippen LogP contribution >= 0.6 is 0 Å². The first-order valence-corrected chi connectivity index (χ1v) is 11.3. The van der Waals surface area contributed by atoms with Gasteiger partial charge in [-0.2, -0.15) is 0 Å². The third kappa shape index (κ3) is 5.79. The van der Waals surface area contributed by atoms with E-state index >= 15 is 0 Å². The average molecular weight is 444 g/mol. The van der Waals surface area contributed by atoms with Gasteiger partial charge >= 0.3 is 5.97 Å². The Hall–Kier alpha value is -3.64. The molecule has 1 aliphatic rings. The molecule has 0 radical (unpaired) electrons. The number of rotatable bonds is 7. The van der Waals surface area contributed by atoms with Gasteiger partial charge in [0.05, 0.1) is 17.9 Å². The monoisotopic (exact) mass is 443 g/mol. The SMILES string of the molecule is CCOC(=O)c1ccccc1NC(=O)c1ccc(CN2CCN(c3ccccc3)CC2)cc1. The van der Waals surface area contributed by atoms with E-state index in [9.17, 15) is 9.59 Å². The van der Waals surface area contributed by atoms with Crippen LogP contribution in [0.1, 0.15) is 33.2 Å². The molecule has 0 aromatic heterocycles. The number of nitrogens with zero attached hydrogens (tertiary/aromatic N) is 2. The first kappa shape index (κ1) is 22.6. The second-order valence-electron chi connectivity index (χ2n) is 8.02. The lowest BCUT2D eigenvalue weighted by molar-refractivity contribution is 0.0527. The highest BCUT2D eigenvalue weighted by Crippen LogP contribution is 2.19. The van der Waals surface area contributed by atoms with Crippen LogP contribution in [0.15, 0.2) is 78.9 Å². The zero-order valence-corrected chi connectivity index (χ0v) is 18.9. The number of para-hydroxylation sites is 2. The molecule has 6 nitrogen and oxygen atoms in total. The van der Waals surface area contributed by atoms with Gasteiger partial charge in [-0.05, 0) is 48.9 Å². The Morgan fingerprint density at radius 1 is 0.848 bits per heavy atom. The van der Waals surface area contributed by atoms with Crippen molar-refractivity contribution in [1.29, 1.82) is 0 Å². The van der Waals surface area contributed by atoms with Crippen molar-refractivity contribution in [3.05, 3.63) is 95.6 Å². The van der Waals surface area contributed by atoms with Crippen LogP contribution in [0.5, 0.6) is 0 Å². The summed E-state index contributed by atoms with van der Waals surface area (Å²) in [6.07, 6.45) is 0. The molecule has 1 fully saturated rings. The smallest absolute Gasteiger partial charge is 0.340 e. The van der Waals surface area contributed by atoms with Gasteiger partial charge < -0.3 is 15.0 Å². The van der Waals surface area contributed by atoms with E-state index in [1.165, 1.54) is 11.3 Å². The molecular formula is C27H29N3O3. The molecule has 3 aromatic carbocycles. The van der Waals surface area contributed by atoms with Gasteiger partial charge in [-0.15, -0.1) is 0 Å². The molecule has 170 valence electrons. The summed E-state index contributed by atoms with van der Waals surface area (Å²) in [6.45, 7) is 6.91. The lowest BCUT2D eigenvalue weighted by Crippen LogP contribution is -2.45. The van der Waals surface area contributed by atoms with Gasteiger partial charge in [-0.25, -0.2) is 4.79 Å². The third-order valence-electron chi connectivity index (χ3n) is 5.79. The van der Waals surface area contributed by atoms with Crippen LogP contribution in [0.4, 0.5) is 11.4 Å². The predicted octanol–water partition coefficient (Wildman–Crippen LogP) is 4.44. The molecule has 0 spiro atoms. The molecule has 1 saturated heterocycles. The quantitative estimate of drug-likeness (QED) is 0.547. The minimum atomic E-state index is -0.448. The predicted molar refractivity (Wildman–Crippen MR) is 131 cm³/mol. The van der Waals surface area contributed by atoms with Crippen LogP contribution < -0.4 is 10.2 Å². The zero-order valence-electron chi connectivity index (χ0n) is 18.9. The molecule has 0 aliphatic carbocycles. The summed E-state index contributed by atoms with van der Waals surface area (Å²) in [4.78, 5) is 29.7. The third-order valence-corrected chi connectivity index (χ3v) is 5.79. The molecule has 1 amide bonds. The first-order valence-electron chi connectivity index (χ1n) is 11.3. The lowest BCUT2D eigenvalue weighted by Gasteiger charge is -2.36. The van der Waals surface area contributed by atoms with Gasteiger partial charge in [-0.1, -0.05) is 42.5 Å². The van der Waals surface area contributed by atoms with Crippen molar-refractivity contribution in [2.75, 3.05) is 43.0 Å².